The van der Waals surface area contributed by atoms with Gasteiger partial charge in [-0.1, -0.05) is 30.3 Å². The third-order valence-corrected chi connectivity index (χ3v) is 2.73. The second-order valence-electron chi connectivity index (χ2n) is 4.20. The first kappa shape index (κ1) is 13.3. The molecule has 5 heteroatoms. The summed E-state index contributed by atoms with van der Waals surface area (Å²) in [5.41, 5.74) is 1.07. The molecule has 1 heterocycles. The van der Waals surface area contributed by atoms with Crippen LogP contribution in [0.3, 0.4) is 0 Å². The van der Waals surface area contributed by atoms with Crippen LogP contribution in [0.4, 0.5) is 16.2 Å². The zero-order valence-corrected chi connectivity index (χ0v) is 11.0. The lowest BCUT2D eigenvalue weighted by atomic mass is 10.1. The number of nitrogens with one attached hydrogen (secondary N) is 2. The van der Waals surface area contributed by atoms with Gasteiger partial charge in [-0.25, -0.2) is 9.37 Å². The molecule has 0 spiro atoms. The second-order valence-corrected chi connectivity index (χ2v) is 4.20. The predicted molar refractivity (Wildman–Crippen MR) is 74.6 cm³/mol. The van der Waals surface area contributed by atoms with E-state index in [2.05, 4.69) is 20.6 Å². The van der Waals surface area contributed by atoms with Crippen LogP contribution in [0.15, 0.2) is 36.5 Å². The van der Waals surface area contributed by atoms with Crippen LogP contribution in [0.25, 0.3) is 0 Å². The first-order chi connectivity index (χ1) is 9.20. The van der Waals surface area contributed by atoms with Gasteiger partial charge in [0.2, 0.25) is 5.95 Å². The number of nitrogens with zero attached hydrogens (tertiary/aromatic N) is 2. The van der Waals surface area contributed by atoms with Crippen molar-refractivity contribution in [1.29, 1.82) is 0 Å². The van der Waals surface area contributed by atoms with E-state index in [0.717, 1.165) is 5.56 Å². The van der Waals surface area contributed by atoms with Gasteiger partial charge in [-0.3, -0.25) is 0 Å². The van der Waals surface area contributed by atoms with Crippen molar-refractivity contribution >= 4 is 11.8 Å². The molecule has 0 fully saturated rings. The fraction of sp³-hybridized carbons (Fsp3) is 0.286. The van der Waals surface area contributed by atoms with E-state index in [9.17, 15) is 4.39 Å². The highest BCUT2D eigenvalue weighted by molar-refractivity contribution is 5.43. The Labute approximate surface area is 112 Å². The van der Waals surface area contributed by atoms with Crippen LogP contribution >= 0.6 is 0 Å². The molecule has 100 valence electrons. The summed E-state index contributed by atoms with van der Waals surface area (Å²) < 4.78 is 13.7. The molecule has 0 bridgehead atoms. The average Bonchev–Trinajstić information content (AvgIpc) is 2.44. The first-order valence-corrected chi connectivity index (χ1v) is 6.28. The van der Waals surface area contributed by atoms with Crippen LogP contribution in [-0.2, 0) is 0 Å². The Morgan fingerprint density at radius 1 is 1.26 bits per heavy atom. The van der Waals surface area contributed by atoms with Gasteiger partial charge in [-0.2, -0.15) is 4.98 Å². The molecule has 0 aliphatic carbocycles. The molecule has 1 atom stereocenters. The molecular formula is C14H17FN4. The molecule has 2 aromatic rings. The quantitative estimate of drug-likeness (QED) is 0.866. The molecule has 4 nitrogen and oxygen atoms in total. The van der Waals surface area contributed by atoms with Gasteiger partial charge in [0, 0.05) is 6.54 Å². The van der Waals surface area contributed by atoms with Gasteiger partial charge in [-0.05, 0) is 19.4 Å². The SMILES string of the molecule is CCNc1ncc(F)c(NC(C)c2ccccc2)n1. The topological polar surface area (TPSA) is 49.8 Å². The first-order valence-electron chi connectivity index (χ1n) is 6.28. The van der Waals surface area contributed by atoms with E-state index in [1.165, 1.54) is 6.20 Å². The summed E-state index contributed by atoms with van der Waals surface area (Å²) in [6.07, 6.45) is 1.17. The van der Waals surface area contributed by atoms with Crippen molar-refractivity contribution in [2.75, 3.05) is 17.2 Å². The van der Waals surface area contributed by atoms with E-state index in [1.54, 1.807) is 0 Å². The minimum absolute atomic E-state index is 0.0277. The zero-order chi connectivity index (χ0) is 13.7. The van der Waals surface area contributed by atoms with Crippen LogP contribution in [0.5, 0.6) is 0 Å². The number of hydrogen-bond donors (Lipinski definition) is 2. The largest absolute Gasteiger partial charge is 0.361 e. The molecule has 2 N–H and O–H groups in total. The van der Waals surface area contributed by atoms with Crippen LogP contribution in [0.2, 0.25) is 0 Å². The Balaban J connectivity index is 2.16. The van der Waals surface area contributed by atoms with Crippen molar-refractivity contribution in [1.82, 2.24) is 9.97 Å². The van der Waals surface area contributed by atoms with Crippen molar-refractivity contribution in [3.63, 3.8) is 0 Å². The fourth-order valence-electron chi connectivity index (χ4n) is 1.74. The van der Waals surface area contributed by atoms with Crippen LogP contribution in [-0.4, -0.2) is 16.5 Å². The Kier molecular flexibility index (Phi) is 4.28. The Morgan fingerprint density at radius 3 is 2.68 bits per heavy atom. The molecular weight excluding hydrogens is 243 g/mol. The maximum Gasteiger partial charge on any atom is 0.224 e. The lowest BCUT2D eigenvalue weighted by Crippen LogP contribution is -2.11. The maximum atomic E-state index is 13.7. The normalized spacial score (nSPS) is 11.9. The summed E-state index contributed by atoms with van der Waals surface area (Å²) in [5.74, 6) is 0.179. The van der Waals surface area contributed by atoms with Crippen LogP contribution in [0, 0.1) is 5.82 Å². The molecule has 1 unspecified atom stereocenters. The minimum atomic E-state index is -0.454. The van der Waals surface area contributed by atoms with Crippen molar-refractivity contribution in [2.45, 2.75) is 19.9 Å². The summed E-state index contributed by atoms with van der Waals surface area (Å²) in [6.45, 7) is 4.59. The summed E-state index contributed by atoms with van der Waals surface area (Å²) in [7, 11) is 0. The summed E-state index contributed by atoms with van der Waals surface area (Å²) in [5, 5.41) is 6.02. The zero-order valence-electron chi connectivity index (χ0n) is 11.0. The van der Waals surface area contributed by atoms with Gasteiger partial charge < -0.3 is 10.6 Å². The number of hydrogen-bond acceptors (Lipinski definition) is 4. The molecule has 1 aromatic carbocycles. The van der Waals surface area contributed by atoms with Crippen LogP contribution in [0.1, 0.15) is 25.5 Å². The molecule has 2 rings (SSSR count). The summed E-state index contributed by atoms with van der Waals surface area (Å²) in [4.78, 5) is 7.99. The number of halogens is 1. The van der Waals surface area contributed by atoms with Crippen molar-refractivity contribution in [3.05, 3.63) is 47.9 Å². The number of benzene rings is 1. The minimum Gasteiger partial charge on any atom is -0.361 e. The van der Waals surface area contributed by atoms with Gasteiger partial charge in [0.05, 0.1) is 12.2 Å². The van der Waals surface area contributed by atoms with Gasteiger partial charge in [0.25, 0.3) is 0 Å². The van der Waals surface area contributed by atoms with Crippen molar-refractivity contribution in [2.24, 2.45) is 0 Å². The number of anilines is 2. The molecule has 0 aliphatic heterocycles. The van der Waals surface area contributed by atoms with E-state index in [1.807, 2.05) is 44.2 Å². The van der Waals surface area contributed by atoms with Gasteiger partial charge in [0.15, 0.2) is 11.6 Å². The Bertz CT molecular complexity index is 530. The van der Waals surface area contributed by atoms with Gasteiger partial charge >= 0.3 is 0 Å². The van der Waals surface area contributed by atoms with E-state index in [0.29, 0.717) is 12.5 Å². The number of aromatic nitrogens is 2. The molecule has 0 saturated carbocycles. The molecule has 19 heavy (non-hydrogen) atoms. The van der Waals surface area contributed by atoms with Gasteiger partial charge in [-0.15, -0.1) is 0 Å². The molecule has 0 amide bonds. The highest BCUT2D eigenvalue weighted by Gasteiger charge is 2.11. The molecule has 0 radical (unpaired) electrons. The second kappa shape index (κ2) is 6.13. The maximum absolute atomic E-state index is 13.7. The lowest BCUT2D eigenvalue weighted by molar-refractivity contribution is 0.614. The predicted octanol–water partition coefficient (Wildman–Crippen LogP) is 3.22. The van der Waals surface area contributed by atoms with Gasteiger partial charge in [0.1, 0.15) is 0 Å². The van der Waals surface area contributed by atoms with E-state index < -0.39 is 5.82 Å². The lowest BCUT2D eigenvalue weighted by Gasteiger charge is -2.15. The van der Waals surface area contributed by atoms with Crippen molar-refractivity contribution in [3.8, 4) is 0 Å². The smallest absolute Gasteiger partial charge is 0.224 e. The molecule has 1 aromatic heterocycles. The van der Waals surface area contributed by atoms with E-state index >= 15 is 0 Å². The molecule has 0 saturated heterocycles. The third kappa shape index (κ3) is 3.40. The Morgan fingerprint density at radius 2 is 2.00 bits per heavy atom. The van der Waals surface area contributed by atoms with Crippen LogP contribution < -0.4 is 10.6 Å². The number of rotatable bonds is 5. The highest BCUT2D eigenvalue weighted by Crippen LogP contribution is 2.20. The Hall–Kier alpha value is -2.17. The standard InChI is InChI=1S/C14H17FN4/c1-3-16-14-17-9-12(15)13(19-14)18-10(2)11-7-5-4-6-8-11/h4-10H,3H2,1-2H3,(H2,16,17,18,19). The van der Waals surface area contributed by atoms with E-state index in [-0.39, 0.29) is 11.9 Å². The monoisotopic (exact) mass is 260 g/mol. The summed E-state index contributed by atoms with van der Waals surface area (Å²) >= 11 is 0. The fourth-order valence-corrected chi connectivity index (χ4v) is 1.74. The average molecular weight is 260 g/mol. The highest BCUT2D eigenvalue weighted by atomic mass is 19.1. The molecule has 0 aliphatic rings. The van der Waals surface area contributed by atoms with E-state index in [4.69, 9.17) is 0 Å². The van der Waals surface area contributed by atoms with Crippen molar-refractivity contribution < 1.29 is 4.39 Å². The summed E-state index contributed by atoms with van der Waals surface area (Å²) in [6, 6.07) is 9.80. The third-order valence-electron chi connectivity index (χ3n) is 2.73.